The van der Waals surface area contributed by atoms with Gasteiger partial charge in [0, 0.05) is 13.0 Å². The Hall–Kier alpha value is -1.47. The number of aromatic nitrogens is 2. The van der Waals surface area contributed by atoms with Crippen molar-refractivity contribution in [1.29, 1.82) is 0 Å². The third-order valence-corrected chi connectivity index (χ3v) is 3.03. The van der Waals surface area contributed by atoms with Gasteiger partial charge in [0.2, 0.25) is 5.89 Å². The molecule has 1 saturated heterocycles. The highest BCUT2D eigenvalue weighted by molar-refractivity contribution is 5.69. The third kappa shape index (κ3) is 3.51. The first kappa shape index (κ1) is 14.0. The standard InChI is InChI=1S/C12H19N3O4/c1-2-18-10(16)5-4-9-14-11(15-19-9)12(13)6-3-7-17-8-12/h2-8,13H2,1H3. The molecule has 106 valence electrons. The number of carbonyl (C=O) groups is 1. The fourth-order valence-electron chi connectivity index (χ4n) is 1.99. The van der Waals surface area contributed by atoms with Crippen LogP contribution in [0.4, 0.5) is 0 Å². The quantitative estimate of drug-likeness (QED) is 0.778. The zero-order valence-corrected chi connectivity index (χ0v) is 11.1. The average molecular weight is 269 g/mol. The summed E-state index contributed by atoms with van der Waals surface area (Å²) in [7, 11) is 0. The van der Waals surface area contributed by atoms with Crippen LogP contribution in [0, 0.1) is 0 Å². The lowest BCUT2D eigenvalue weighted by atomic mass is 9.93. The molecule has 0 bridgehead atoms. The number of nitrogens with zero attached hydrogens (tertiary/aromatic N) is 2. The smallest absolute Gasteiger partial charge is 0.306 e. The van der Waals surface area contributed by atoms with E-state index >= 15 is 0 Å². The molecule has 0 saturated carbocycles. The highest BCUT2D eigenvalue weighted by Crippen LogP contribution is 2.25. The lowest BCUT2D eigenvalue weighted by molar-refractivity contribution is -0.143. The summed E-state index contributed by atoms with van der Waals surface area (Å²) in [5.41, 5.74) is 5.52. The van der Waals surface area contributed by atoms with E-state index in [2.05, 4.69) is 10.1 Å². The van der Waals surface area contributed by atoms with E-state index in [1.807, 2.05) is 0 Å². The monoisotopic (exact) mass is 269 g/mol. The van der Waals surface area contributed by atoms with Gasteiger partial charge < -0.3 is 19.7 Å². The molecule has 7 heteroatoms. The predicted molar refractivity (Wildman–Crippen MR) is 65.2 cm³/mol. The van der Waals surface area contributed by atoms with Crippen LogP contribution >= 0.6 is 0 Å². The fourth-order valence-corrected chi connectivity index (χ4v) is 1.99. The van der Waals surface area contributed by atoms with E-state index in [9.17, 15) is 4.79 Å². The first-order valence-electron chi connectivity index (χ1n) is 6.49. The van der Waals surface area contributed by atoms with E-state index in [4.69, 9.17) is 19.7 Å². The van der Waals surface area contributed by atoms with Gasteiger partial charge in [0.25, 0.3) is 0 Å². The minimum absolute atomic E-state index is 0.226. The highest BCUT2D eigenvalue weighted by Gasteiger charge is 2.35. The van der Waals surface area contributed by atoms with Gasteiger partial charge in [-0.05, 0) is 19.8 Å². The predicted octanol–water partition coefficient (Wildman–Crippen LogP) is 0.530. The summed E-state index contributed by atoms with van der Waals surface area (Å²) in [6.07, 6.45) is 2.24. The maximum absolute atomic E-state index is 11.2. The second-order valence-electron chi connectivity index (χ2n) is 4.63. The van der Waals surface area contributed by atoms with E-state index in [0.29, 0.717) is 38.0 Å². The van der Waals surface area contributed by atoms with Gasteiger partial charge in [-0.25, -0.2) is 0 Å². The largest absolute Gasteiger partial charge is 0.466 e. The van der Waals surface area contributed by atoms with Gasteiger partial charge in [0.05, 0.1) is 19.6 Å². The Labute approximate surface area is 111 Å². The minimum atomic E-state index is -0.677. The SMILES string of the molecule is CCOC(=O)CCc1nc(C2(N)CCCOC2)no1. The Morgan fingerprint density at radius 2 is 2.42 bits per heavy atom. The van der Waals surface area contributed by atoms with Crippen LogP contribution in [0.25, 0.3) is 0 Å². The number of ether oxygens (including phenoxy) is 2. The molecule has 1 aromatic rings. The molecule has 1 aromatic heterocycles. The zero-order valence-electron chi connectivity index (χ0n) is 11.1. The molecular formula is C12H19N3O4. The van der Waals surface area contributed by atoms with Crippen molar-refractivity contribution >= 4 is 5.97 Å². The Morgan fingerprint density at radius 1 is 1.58 bits per heavy atom. The van der Waals surface area contributed by atoms with Crippen molar-refractivity contribution in [1.82, 2.24) is 10.1 Å². The van der Waals surface area contributed by atoms with Gasteiger partial charge in [0.15, 0.2) is 5.82 Å². The summed E-state index contributed by atoms with van der Waals surface area (Å²) in [5, 5.41) is 3.89. The number of aryl methyl sites for hydroxylation is 1. The molecule has 2 N–H and O–H groups in total. The molecule has 7 nitrogen and oxygen atoms in total. The van der Waals surface area contributed by atoms with Gasteiger partial charge >= 0.3 is 5.97 Å². The zero-order chi connectivity index (χ0) is 13.7. The van der Waals surface area contributed by atoms with Crippen LogP contribution in [-0.4, -0.2) is 35.9 Å². The lowest BCUT2D eigenvalue weighted by Gasteiger charge is -2.29. The van der Waals surface area contributed by atoms with Crippen molar-refractivity contribution in [3.63, 3.8) is 0 Å². The molecular weight excluding hydrogens is 250 g/mol. The normalized spacial score (nSPS) is 23.3. The molecule has 0 radical (unpaired) electrons. The molecule has 0 aromatic carbocycles. The Balaban J connectivity index is 1.93. The first-order valence-corrected chi connectivity index (χ1v) is 6.49. The van der Waals surface area contributed by atoms with Crippen molar-refractivity contribution < 1.29 is 18.8 Å². The number of esters is 1. The van der Waals surface area contributed by atoms with Gasteiger partial charge in [0.1, 0.15) is 5.54 Å². The maximum atomic E-state index is 11.2. The topological polar surface area (TPSA) is 100 Å². The van der Waals surface area contributed by atoms with Crippen LogP contribution in [0.5, 0.6) is 0 Å². The molecule has 0 aliphatic carbocycles. The Kier molecular flexibility index (Phi) is 4.49. The fraction of sp³-hybridized carbons (Fsp3) is 0.750. The number of carbonyl (C=O) groups excluding carboxylic acids is 1. The lowest BCUT2D eigenvalue weighted by Crippen LogP contribution is -2.45. The van der Waals surface area contributed by atoms with E-state index < -0.39 is 5.54 Å². The van der Waals surface area contributed by atoms with E-state index in [1.165, 1.54) is 0 Å². The number of hydrogen-bond acceptors (Lipinski definition) is 7. The average Bonchev–Trinajstić information content (AvgIpc) is 2.87. The summed E-state index contributed by atoms with van der Waals surface area (Å²) in [6, 6.07) is 0. The van der Waals surface area contributed by atoms with Crippen LogP contribution in [0.3, 0.4) is 0 Å². The van der Waals surface area contributed by atoms with Gasteiger partial charge in [-0.15, -0.1) is 0 Å². The summed E-state index contributed by atoms with van der Waals surface area (Å²) in [5.74, 6) is 0.579. The molecule has 0 amide bonds. The summed E-state index contributed by atoms with van der Waals surface area (Å²) in [6.45, 7) is 3.25. The summed E-state index contributed by atoms with van der Waals surface area (Å²) < 4.78 is 15.3. The Morgan fingerprint density at radius 3 is 3.11 bits per heavy atom. The van der Waals surface area contributed by atoms with Crippen molar-refractivity contribution in [3.8, 4) is 0 Å². The molecule has 1 aliphatic heterocycles. The molecule has 1 fully saturated rings. The van der Waals surface area contributed by atoms with E-state index in [-0.39, 0.29) is 12.4 Å². The second kappa shape index (κ2) is 6.12. The van der Waals surface area contributed by atoms with Crippen molar-refractivity contribution in [2.24, 2.45) is 5.73 Å². The van der Waals surface area contributed by atoms with Crippen molar-refractivity contribution in [2.75, 3.05) is 19.8 Å². The van der Waals surface area contributed by atoms with Gasteiger partial charge in [-0.3, -0.25) is 4.79 Å². The van der Waals surface area contributed by atoms with E-state index in [0.717, 1.165) is 12.8 Å². The molecule has 2 heterocycles. The van der Waals surface area contributed by atoms with Crippen LogP contribution in [-0.2, 0) is 26.2 Å². The first-order chi connectivity index (χ1) is 9.14. The highest BCUT2D eigenvalue weighted by atomic mass is 16.5. The molecule has 19 heavy (non-hydrogen) atoms. The van der Waals surface area contributed by atoms with Crippen LogP contribution < -0.4 is 5.73 Å². The molecule has 1 aliphatic rings. The van der Waals surface area contributed by atoms with Gasteiger partial charge in [-0.1, -0.05) is 5.16 Å². The number of hydrogen-bond donors (Lipinski definition) is 1. The molecule has 2 rings (SSSR count). The number of nitrogens with two attached hydrogens (primary N) is 1. The van der Waals surface area contributed by atoms with Crippen LogP contribution in [0.15, 0.2) is 4.52 Å². The van der Waals surface area contributed by atoms with Crippen molar-refractivity contribution in [2.45, 2.75) is 38.1 Å². The van der Waals surface area contributed by atoms with Crippen LogP contribution in [0.2, 0.25) is 0 Å². The molecule has 0 spiro atoms. The Bertz CT molecular complexity index is 426. The van der Waals surface area contributed by atoms with Crippen LogP contribution in [0.1, 0.15) is 37.9 Å². The molecule has 1 atom stereocenters. The summed E-state index contributed by atoms with van der Waals surface area (Å²) >= 11 is 0. The maximum Gasteiger partial charge on any atom is 0.306 e. The minimum Gasteiger partial charge on any atom is -0.466 e. The second-order valence-corrected chi connectivity index (χ2v) is 4.63. The van der Waals surface area contributed by atoms with E-state index in [1.54, 1.807) is 6.92 Å². The molecule has 1 unspecified atom stereocenters. The number of rotatable bonds is 5. The summed E-state index contributed by atoms with van der Waals surface area (Å²) in [4.78, 5) is 15.5. The van der Waals surface area contributed by atoms with Crippen molar-refractivity contribution in [3.05, 3.63) is 11.7 Å². The third-order valence-electron chi connectivity index (χ3n) is 3.03. The van der Waals surface area contributed by atoms with Gasteiger partial charge in [-0.2, -0.15) is 4.98 Å².